The SMILES string of the molecule is CCC(CC)C1C=CCC1C. The second-order valence-corrected chi connectivity index (χ2v) is 3.80. The Morgan fingerprint density at radius 2 is 2.00 bits per heavy atom. The van der Waals surface area contributed by atoms with Gasteiger partial charge in [0, 0.05) is 0 Å². The summed E-state index contributed by atoms with van der Waals surface area (Å²) >= 11 is 0. The lowest BCUT2D eigenvalue weighted by Crippen LogP contribution is -2.15. The first-order valence-electron chi connectivity index (χ1n) is 4.96. The first-order valence-corrected chi connectivity index (χ1v) is 4.96. The van der Waals surface area contributed by atoms with Crippen LogP contribution in [0, 0.1) is 17.8 Å². The fourth-order valence-corrected chi connectivity index (χ4v) is 2.25. The van der Waals surface area contributed by atoms with Crippen LogP contribution in [-0.2, 0) is 0 Å². The first-order chi connectivity index (χ1) is 5.29. The van der Waals surface area contributed by atoms with Gasteiger partial charge in [-0.05, 0) is 24.2 Å². The molecule has 0 amide bonds. The summed E-state index contributed by atoms with van der Waals surface area (Å²) in [4.78, 5) is 0. The number of hydrogen-bond donors (Lipinski definition) is 0. The normalized spacial score (nSPS) is 30.2. The molecular weight excluding hydrogens is 132 g/mol. The van der Waals surface area contributed by atoms with Crippen molar-refractivity contribution >= 4 is 0 Å². The van der Waals surface area contributed by atoms with E-state index in [2.05, 4.69) is 32.9 Å². The van der Waals surface area contributed by atoms with Crippen molar-refractivity contribution in [1.29, 1.82) is 0 Å². The molecule has 11 heavy (non-hydrogen) atoms. The number of hydrogen-bond acceptors (Lipinski definition) is 0. The van der Waals surface area contributed by atoms with Gasteiger partial charge >= 0.3 is 0 Å². The second kappa shape index (κ2) is 3.94. The average molecular weight is 152 g/mol. The van der Waals surface area contributed by atoms with Crippen molar-refractivity contribution in [3.8, 4) is 0 Å². The van der Waals surface area contributed by atoms with Crippen LogP contribution in [-0.4, -0.2) is 0 Å². The molecule has 0 bridgehead atoms. The Morgan fingerprint density at radius 3 is 2.36 bits per heavy atom. The van der Waals surface area contributed by atoms with E-state index in [9.17, 15) is 0 Å². The van der Waals surface area contributed by atoms with E-state index in [0.717, 1.165) is 17.8 Å². The van der Waals surface area contributed by atoms with Crippen molar-refractivity contribution in [3.05, 3.63) is 12.2 Å². The van der Waals surface area contributed by atoms with E-state index in [-0.39, 0.29) is 0 Å². The Bertz CT molecular complexity index is 131. The average Bonchev–Trinajstić information content (AvgIpc) is 2.40. The van der Waals surface area contributed by atoms with Gasteiger partial charge in [0.1, 0.15) is 0 Å². The molecule has 2 unspecified atom stereocenters. The molecule has 0 saturated carbocycles. The van der Waals surface area contributed by atoms with Crippen molar-refractivity contribution in [2.75, 3.05) is 0 Å². The maximum absolute atomic E-state index is 2.43. The lowest BCUT2D eigenvalue weighted by molar-refractivity contribution is 0.298. The standard InChI is InChI=1S/C11H20/c1-4-10(5-2)11-8-6-7-9(11)3/h6,8-11H,4-5,7H2,1-3H3. The van der Waals surface area contributed by atoms with Crippen LogP contribution in [0.2, 0.25) is 0 Å². The highest BCUT2D eigenvalue weighted by Crippen LogP contribution is 2.34. The monoisotopic (exact) mass is 152 g/mol. The summed E-state index contributed by atoms with van der Waals surface area (Å²) in [5.41, 5.74) is 0. The van der Waals surface area contributed by atoms with E-state index in [1.54, 1.807) is 0 Å². The third-order valence-corrected chi connectivity index (χ3v) is 3.12. The summed E-state index contributed by atoms with van der Waals surface area (Å²) in [6, 6.07) is 0. The fourth-order valence-electron chi connectivity index (χ4n) is 2.25. The highest BCUT2D eigenvalue weighted by molar-refractivity contribution is 5.01. The van der Waals surface area contributed by atoms with Gasteiger partial charge in [-0.2, -0.15) is 0 Å². The molecule has 64 valence electrons. The molecule has 0 aromatic rings. The van der Waals surface area contributed by atoms with Gasteiger partial charge in [0.05, 0.1) is 0 Å². The molecule has 1 rings (SSSR count). The van der Waals surface area contributed by atoms with Crippen LogP contribution in [0.4, 0.5) is 0 Å². The highest BCUT2D eigenvalue weighted by Gasteiger charge is 2.24. The van der Waals surface area contributed by atoms with Crippen molar-refractivity contribution in [1.82, 2.24) is 0 Å². The second-order valence-electron chi connectivity index (χ2n) is 3.80. The van der Waals surface area contributed by atoms with E-state index >= 15 is 0 Å². The summed E-state index contributed by atoms with van der Waals surface area (Å²) in [6.07, 6.45) is 8.78. The minimum Gasteiger partial charge on any atom is -0.0880 e. The summed E-state index contributed by atoms with van der Waals surface area (Å²) in [6.45, 7) is 7.00. The predicted octanol–water partition coefficient (Wildman–Crippen LogP) is 3.63. The van der Waals surface area contributed by atoms with Crippen molar-refractivity contribution in [3.63, 3.8) is 0 Å². The molecule has 0 saturated heterocycles. The van der Waals surface area contributed by atoms with E-state index in [0.29, 0.717) is 0 Å². The van der Waals surface area contributed by atoms with E-state index in [1.165, 1.54) is 19.3 Å². The van der Waals surface area contributed by atoms with Crippen molar-refractivity contribution < 1.29 is 0 Å². The van der Waals surface area contributed by atoms with Gasteiger partial charge in [0.15, 0.2) is 0 Å². The van der Waals surface area contributed by atoms with Gasteiger partial charge in [-0.25, -0.2) is 0 Å². The van der Waals surface area contributed by atoms with Gasteiger partial charge in [-0.15, -0.1) is 0 Å². The molecule has 1 aliphatic carbocycles. The Kier molecular flexibility index (Phi) is 3.16. The summed E-state index contributed by atoms with van der Waals surface area (Å²) in [5.74, 6) is 2.72. The van der Waals surface area contributed by atoms with Crippen LogP contribution in [0.5, 0.6) is 0 Å². The van der Waals surface area contributed by atoms with Crippen LogP contribution >= 0.6 is 0 Å². The summed E-state index contributed by atoms with van der Waals surface area (Å²) in [7, 11) is 0. The van der Waals surface area contributed by atoms with Crippen LogP contribution < -0.4 is 0 Å². The van der Waals surface area contributed by atoms with Crippen LogP contribution in [0.25, 0.3) is 0 Å². The Hall–Kier alpha value is -0.260. The van der Waals surface area contributed by atoms with Crippen molar-refractivity contribution in [2.24, 2.45) is 17.8 Å². The zero-order valence-electron chi connectivity index (χ0n) is 8.01. The van der Waals surface area contributed by atoms with Gasteiger partial charge in [-0.3, -0.25) is 0 Å². The highest BCUT2D eigenvalue weighted by atomic mass is 14.3. The molecule has 0 aromatic carbocycles. The van der Waals surface area contributed by atoms with E-state index in [1.807, 2.05) is 0 Å². The summed E-state index contributed by atoms with van der Waals surface area (Å²) < 4.78 is 0. The lowest BCUT2D eigenvalue weighted by Gasteiger charge is -2.23. The molecule has 0 fully saturated rings. The maximum Gasteiger partial charge on any atom is -0.0177 e. The predicted molar refractivity (Wildman–Crippen MR) is 50.5 cm³/mol. The largest absolute Gasteiger partial charge is 0.0880 e. The molecular formula is C11H20. The molecule has 1 aliphatic rings. The minimum absolute atomic E-state index is 0.880. The molecule has 0 N–H and O–H groups in total. The van der Waals surface area contributed by atoms with Gasteiger partial charge in [-0.1, -0.05) is 45.8 Å². The summed E-state index contributed by atoms with van der Waals surface area (Å²) in [5, 5.41) is 0. The smallest absolute Gasteiger partial charge is 0.0177 e. The number of allylic oxidation sites excluding steroid dienone is 2. The third-order valence-electron chi connectivity index (χ3n) is 3.12. The van der Waals surface area contributed by atoms with Gasteiger partial charge in [0.25, 0.3) is 0 Å². The van der Waals surface area contributed by atoms with Crippen LogP contribution in [0.3, 0.4) is 0 Å². The molecule has 0 heteroatoms. The zero-order chi connectivity index (χ0) is 8.27. The van der Waals surface area contributed by atoms with E-state index < -0.39 is 0 Å². The van der Waals surface area contributed by atoms with Crippen LogP contribution in [0.1, 0.15) is 40.0 Å². The van der Waals surface area contributed by atoms with Crippen molar-refractivity contribution in [2.45, 2.75) is 40.0 Å². The molecule has 0 radical (unpaired) electrons. The Morgan fingerprint density at radius 1 is 1.36 bits per heavy atom. The Labute approximate surface area is 70.7 Å². The molecule has 0 aliphatic heterocycles. The van der Waals surface area contributed by atoms with Crippen LogP contribution in [0.15, 0.2) is 12.2 Å². The van der Waals surface area contributed by atoms with Gasteiger partial charge in [0.2, 0.25) is 0 Å². The lowest BCUT2D eigenvalue weighted by atomic mass is 9.82. The quantitative estimate of drug-likeness (QED) is 0.542. The third kappa shape index (κ3) is 1.85. The molecule has 0 nitrogen and oxygen atoms in total. The minimum atomic E-state index is 0.880. The van der Waals surface area contributed by atoms with E-state index in [4.69, 9.17) is 0 Å². The molecule has 2 atom stereocenters. The maximum atomic E-state index is 2.43. The van der Waals surface area contributed by atoms with Gasteiger partial charge < -0.3 is 0 Å². The topological polar surface area (TPSA) is 0 Å². The molecule has 0 aromatic heterocycles. The zero-order valence-corrected chi connectivity index (χ0v) is 8.01. The number of rotatable bonds is 3. The first kappa shape index (κ1) is 8.83. The molecule has 0 heterocycles. The molecule has 0 spiro atoms. The Balaban J connectivity index is 2.50. The fraction of sp³-hybridized carbons (Fsp3) is 0.818.